The number of hydrogen-bond donors (Lipinski definition) is 0. The lowest BCUT2D eigenvalue weighted by molar-refractivity contribution is 0.383. The molecule has 4 rings (SSSR count). The highest BCUT2D eigenvalue weighted by molar-refractivity contribution is 7.89. The van der Waals surface area contributed by atoms with Crippen LogP contribution in [-0.4, -0.2) is 70.4 Å². The lowest BCUT2D eigenvalue weighted by Gasteiger charge is -2.34. The van der Waals surface area contributed by atoms with E-state index in [1.54, 1.807) is 39.5 Å². The number of piperazine rings is 1. The molecular formula is C24H28N4O5S. The van der Waals surface area contributed by atoms with Gasteiger partial charge >= 0.3 is 0 Å². The summed E-state index contributed by atoms with van der Waals surface area (Å²) in [6.45, 7) is 3.59. The van der Waals surface area contributed by atoms with Gasteiger partial charge < -0.3 is 19.1 Å². The number of methoxy groups -OCH3 is 3. The lowest BCUT2D eigenvalue weighted by atomic mass is 10.1. The summed E-state index contributed by atoms with van der Waals surface area (Å²) < 4.78 is 43.7. The van der Waals surface area contributed by atoms with Gasteiger partial charge in [0, 0.05) is 31.7 Å². The minimum absolute atomic E-state index is 0.274. The number of anilines is 1. The Morgan fingerprint density at radius 1 is 0.794 bits per heavy atom. The van der Waals surface area contributed by atoms with Crippen LogP contribution in [0.4, 0.5) is 5.82 Å². The van der Waals surface area contributed by atoms with Crippen LogP contribution >= 0.6 is 0 Å². The molecule has 0 spiro atoms. The molecule has 1 aromatic heterocycles. The van der Waals surface area contributed by atoms with Gasteiger partial charge in [-0.2, -0.15) is 4.31 Å². The van der Waals surface area contributed by atoms with E-state index in [1.165, 1.54) is 4.31 Å². The lowest BCUT2D eigenvalue weighted by Crippen LogP contribution is -2.49. The Hall–Kier alpha value is -3.37. The number of hydrogen-bond acceptors (Lipinski definition) is 8. The minimum atomic E-state index is -3.58. The van der Waals surface area contributed by atoms with Crippen LogP contribution in [0.25, 0.3) is 11.3 Å². The van der Waals surface area contributed by atoms with Crippen molar-refractivity contribution in [3.8, 4) is 28.5 Å². The zero-order valence-electron chi connectivity index (χ0n) is 19.7. The third-order valence-electron chi connectivity index (χ3n) is 5.90. The van der Waals surface area contributed by atoms with Gasteiger partial charge in [-0.15, -0.1) is 10.2 Å². The zero-order chi connectivity index (χ0) is 24.3. The molecule has 1 saturated heterocycles. The summed E-state index contributed by atoms with van der Waals surface area (Å²) in [5.74, 6) is 2.74. The highest BCUT2D eigenvalue weighted by atomic mass is 32.2. The molecule has 0 aliphatic carbocycles. The number of aromatic nitrogens is 2. The second-order valence-corrected chi connectivity index (χ2v) is 9.80. The molecule has 180 valence electrons. The molecule has 0 saturated carbocycles. The Labute approximate surface area is 199 Å². The molecule has 10 heteroatoms. The first-order valence-corrected chi connectivity index (χ1v) is 12.3. The van der Waals surface area contributed by atoms with Gasteiger partial charge in [-0.1, -0.05) is 0 Å². The molecule has 1 aliphatic heterocycles. The molecule has 0 amide bonds. The smallest absolute Gasteiger partial charge is 0.243 e. The molecule has 0 unspecified atom stereocenters. The topological polar surface area (TPSA) is 94.1 Å². The normalized spacial score (nSPS) is 14.6. The first-order chi connectivity index (χ1) is 16.4. The molecule has 0 bridgehead atoms. The van der Waals surface area contributed by atoms with Crippen LogP contribution in [0.1, 0.15) is 5.56 Å². The fourth-order valence-corrected chi connectivity index (χ4v) is 5.48. The van der Waals surface area contributed by atoms with Gasteiger partial charge in [0.15, 0.2) is 5.82 Å². The van der Waals surface area contributed by atoms with E-state index >= 15 is 0 Å². The second-order valence-electron chi connectivity index (χ2n) is 7.87. The summed E-state index contributed by atoms with van der Waals surface area (Å²) in [5, 5.41) is 8.76. The van der Waals surface area contributed by atoms with Gasteiger partial charge in [0.2, 0.25) is 10.0 Å². The van der Waals surface area contributed by atoms with Crippen molar-refractivity contribution < 1.29 is 22.6 Å². The van der Waals surface area contributed by atoms with Crippen molar-refractivity contribution in [1.29, 1.82) is 0 Å². The first kappa shape index (κ1) is 23.8. The molecule has 3 aromatic rings. The third-order valence-corrected chi connectivity index (χ3v) is 7.79. The van der Waals surface area contributed by atoms with E-state index < -0.39 is 10.0 Å². The summed E-state index contributed by atoms with van der Waals surface area (Å²) in [7, 11) is 1.20. The Kier molecular flexibility index (Phi) is 6.90. The largest absolute Gasteiger partial charge is 0.497 e. The SMILES string of the molecule is COc1ccc(OC)c(-c2ccc(N3CCN(S(=O)(=O)c4ccc(OC)c(C)c4)CC3)nn2)c1. The van der Waals surface area contributed by atoms with Crippen LogP contribution in [0, 0.1) is 6.92 Å². The highest BCUT2D eigenvalue weighted by Gasteiger charge is 2.29. The maximum Gasteiger partial charge on any atom is 0.243 e. The predicted molar refractivity (Wildman–Crippen MR) is 129 cm³/mol. The molecule has 34 heavy (non-hydrogen) atoms. The molecule has 0 radical (unpaired) electrons. The van der Waals surface area contributed by atoms with E-state index in [9.17, 15) is 8.42 Å². The van der Waals surface area contributed by atoms with Gasteiger partial charge in [0.1, 0.15) is 17.2 Å². The van der Waals surface area contributed by atoms with Gasteiger partial charge in [-0.25, -0.2) is 8.42 Å². The van der Waals surface area contributed by atoms with E-state index in [2.05, 4.69) is 10.2 Å². The Morgan fingerprint density at radius 2 is 1.50 bits per heavy atom. The number of benzene rings is 2. The highest BCUT2D eigenvalue weighted by Crippen LogP contribution is 2.32. The Morgan fingerprint density at radius 3 is 2.09 bits per heavy atom. The van der Waals surface area contributed by atoms with E-state index in [4.69, 9.17) is 14.2 Å². The van der Waals surface area contributed by atoms with E-state index in [0.717, 1.165) is 11.1 Å². The first-order valence-electron chi connectivity index (χ1n) is 10.8. The molecule has 1 aliphatic rings. The molecule has 0 atom stereocenters. The Balaban J connectivity index is 1.46. The summed E-state index contributed by atoms with van der Waals surface area (Å²) in [4.78, 5) is 2.31. The van der Waals surface area contributed by atoms with Gasteiger partial charge in [0.25, 0.3) is 0 Å². The molecule has 1 fully saturated rings. The molecule has 2 heterocycles. The average molecular weight is 485 g/mol. The zero-order valence-corrected chi connectivity index (χ0v) is 20.5. The van der Waals surface area contributed by atoms with Crippen LogP contribution in [0.3, 0.4) is 0 Å². The van der Waals surface area contributed by atoms with E-state index in [1.807, 2.05) is 42.2 Å². The summed E-state index contributed by atoms with van der Waals surface area (Å²) >= 11 is 0. The van der Waals surface area contributed by atoms with E-state index in [-0.39, 0.29) is 4.90 Å². The average Bonchev–Trinajstić information content (AvgIpc) is 2.88. The quantitative estimate of drug-likeness (QED) is 0.505. The summed E-state index contributed by atoms with van der Waals surface area (Å²) in [6, 6.07) is 14.2. The summed E-state index contributed by atoms with van der Waals surface area (Å²) in [6.07, 6.45) is 0. The maximum atomic E-state index is 13.1. The number of sulfonamides is 1. The van der Waals surface area contributed by atoms with Crippen LogP contribution in [0.5, 0.6) is 17.2 Å². The standard InChI is InChI=1S/C24H28N4O5S/c1-17-15-19(6-9-22(17)32-3)34(29,30)28-13-11-27(12-14-28)24-10-7-21(25-26-24)20-16-18(31-2)5-8-23(20)33-4/h5-10,15-16H,11-14H2,1-4H3. The van der Waals surface area contributed by atoms with Gasteiger partial charge in [0.05, 0.1) is 31.9 Å². The van der Waals surface area contributed by atoms with Crippen LogP contribution in [0.15, 0.2) is 53.4 Å². The van der Waals surface area contributed by atoms with Crippen molar-refractivity contribution in [3.63, 3.8) is 0 Å². The van der Waals surface area contributed by atoms with Gasteiger partial charge in [-0.3, -0.25) is 0 Å². The third kappa shape index (κ3) is 4.64. The van der Waals surface area contributed by atoms with Crippen molar-refractivity contribution in [2.24, 2.45) is 0 Å². The number of rotatable bonds is 7. The molecular weight excluding hydrogens is 456 g/mol. The number of nitrogens with zero attached hydrogens (tertiary/aromatic N) is 4. The van der Waals surface area contributed by atoms with Crippen molar-refractivity contribution in [2.45, 2.75) is 11.8 Å². The van der Waals surface area contributed by atoms with Crippen molar-refractivity contribution >= 4 is 15.8 Å². The van der Waals surface area contributed by atoms with Crippen molar-refractivity contribution in [3.05, 3.63) is 54.1 Å². The molecule has 2 aromatic carbocycles. The van der Waals surface area contributed by atoms with Crippen molar-refractivity contribution in [1.82, 2.24) is 14.5 Å². The maximum absolute atomic E-state index is 13.1. The number of ether oxygens (including phenoxy) is 3. The predicted octanol–water partition coefficient (Wildman–Crippen LogP) is 2.99. The fourth-order valence-electron chi connectivity index (χ4n) is 3.97. The fraction of sp³-hybridized carbons (Fsp3) is 0.333. The molecule has 0 N–H and O–H groups in total. The second kappa shape index (κ2) is 9.86. The van der Waals surface area contributed by atoms with E-state index in [0.29, 0.717) is 54.9 Å². The summed E-state index contributed by atoms with van der Waals surface area (Å²) in [5.41, 5.74) is 2.23. The van der Waals surface area contributed by atoms with Crippen molar-refractivity contribution in [2.75, 3.05) is 52.4 Å². The molecule has 9 nitrogen and oxygen atoms in total. The minimum Gasteiger partial charge on any atom is -0.497 e. The van der Waals surface area contributed by atoms with Crippen LogP contribution in [-0.2, 0) is 10.0 Å². The van der Waals surface area contributed by atoms with Gasteiger partial charge in [-0.05, 0) is 61.0 Å². The number of aryl methyl sites for hydroxylation is 1. The van der Waals surface area contributed by atoms with Crippen LogP contribution in [0.2, 0.25) is 0 Å². The Bertz CT molecular complexity index is 1260. The van der Waals surface area contributed by atoms with Crippen LogP contribution < -0.4 is 19.1 Å². The monoisotopic (exact) mass is 484 g/mol.